The summed E-state index contributed by atoms with van der Waals surface area (Å²) >= 11 is 0. The molecule has 1 aliphatic rings. The third-order valence-corrected chi connectivity index (χ3v) is 27.8. The first-order chi connectivity index (χ1) is 71.5. The van der Waals surface area contributed by atoms with Crippen molar-refractivity contribution in [2.45, 2.75) is 20.8 Å². The van der Waals surface area contributed by atoms with Crippen LogP contribution in [0.4, 0.5) is 0 Å². The van der Waals surface area contributed by atoms with Crippen molar-refractivity contribution in [3.8, 4) is 192 Å². The third-order valence-electron chi connectivity index (χ3n) is 27.8. The quantitative estimate of drug-likeness (QED) is 0.0925. The number of aryl methyl sites for hydroxylation is 3. The molecule has 26 aromatic rings. The summed E-state index contributed by atoms with van der Waals surface area (Å²) in [6.45, 7) is 6.37. The molecule has 3 aromatic heterocycles. The first-order valence-corrected chi connectivity index (χ1v) is 49.2. The largest absolute Gasteiger partial charge is 0.208 e. The number of hydrogen-bond donors (Lipinski definition) is 0. The van der Waals surface area contributed by atoms with Gasteiger partial charge in [0.2, 0.25) is 0 Å². The Bertz CT molecular complexity index is 9240. The van der Waals surface area contributed by atoms with Crippen LogP contribution in [0.1, 0.15) is 16.7 Å². The van der Waals surface area contributed by atoms with E-state index in [-0.39, 0.29) is 0 Å². The van der Waals surface area contributed by atoms with Gasteiger partial charge in [-0.1, -0.05) is 447 Å². The Hall–Kier alpha value is -19.1. The van der Waals surface area contributed by atoms with Gasteiger partial charge in [-0.05, 0) is 252 Å². The van der Waals surface area contributed by atoms with E-state index in [2.05, 4.69) is 336 Å². The molecule has 0 aliphatic heterocycles. The summed E-state index contributed by atoms with van der Waals surface area (Å²) < 4.78 is 0. The van der Waals surface area contributed by atoms with Gasteiger partial charge in [0.25, 0.3) is 0 Å². The highest BCUT2D eigenvalue weighted by atomic mass is 15.1. The van der Waals surface area contributed by atoms with Gasteiger partial charge in [0.05, 0.1) is 0 Å². The Balaban J connectivity index is 0.000000114. The Kier molecular flexibility index (Phi) is 22.9. The Morgan fingerprint density at radius 2 is 0.352 bits per heavy atom. The van der Waals surface area contributed by atoms with Crippen LogP contribution in [-0.4, -0.2) is 44.9 Å². The van der Waals surface area contributed by atoms with E-state index in [0.717, 1.165) is 106 Å². The summed E-state index contributed by atoms with van der Waals surface area (Å²) in [7, 11) is 0. The van der Waals surface area contributed by atoms with Gasteiger partial charge >= 0.3 is 0 Å². The first-order valence-electron chi connectivity index (χ1n) is 49.2. The molecule has 0 saturated carbocycles. The molecule has 0 N–H and O–H groups in total. The average Bonchev–Trinajstić information content (AvgIpc) is 1.59. The molecule has 0 saturated heterocycles. The van der Waals surface area contributed by atoms with Crippen molar-refractivity contribution < 1.29 is 0 Å². The molecule has 27 rings (SSSR count). The molecule has 23 aromatic carbocycles. The molecule has 0 radical (unpaired) electrons. The maximum atomic E-state index is 5.11. The second-order valence-electron chi connectivity index (χ2n) is 37.2. The number of aromatic nitrogens is 9. The topological polar surface area (TPSA) is 116 Å². The van der Waals surface area contributed by atoms with Crippen LogP contribution in [0.3, 0.4) is 0 Å². The van der Waals surface area contributed by atoms with Gasteiger partial charge in [-0.15, -0.1) is 0 Å². The van der Waals surface area contributed by atoms with Crippen molar-refractivity contribution in [2.24, 2.45) is 0 Å². The summed E-state index contributed by atoms with van der Waals surface area (Å²) in [5, 5.41) is 17.6. The molecule has 0 unspecified atom stereocenters. The van der Waals surface area contributed by atoms with Crippen LogP contribution in [0.25, 0.3) is 267 Å². The summed E-state index contributed by atoms with van der Waals surface area (Å²) in [4.78, 5) is 45.4. The van der Waals surface area contributed by atoms with Gasteiger partial charge in [-0.3, -0.25) is 0 Å². The van der Waals surface area contributed by atoms with Gasteiger partial charge in [0, 0.05) is 50.1 Å². The van der Waals surface area contributed by atoms with Gasteiger partial charge in [0.15, 0.2) is 52.4 Å². The zero-order valence-corrected chi connectivity index (χ0v) is 79.9. The lowest BCUT2D eigenvalue weighted by Crippen LogP contribution is -2.00. The lowest BCUT2D eigenvalue weighted by molar-refractivity contribution is 1.07. The minimum atomic E-state index is 0.637. The summed E-state index contributed by atoms with van der Waals surface area (Å²) in [6.07, 6.45) is 0. The standard InChI is InChI=1S/2C46H31N3.C44H29N3/c1-30-20-22-31(23-21-30)35-26-36(42-29-43-38-17-9-8-12-32(38)24-25-41(43)39-18-10-11-19-40(39)42)28-37(27-35)46-48-44(33-13-4-2-5-14-33)47-45(49-46)34-15-6-3-7-16-34;1-30-20-22-31(23-21-30)35-26-36(34-24-25-42-40-18-9-8-16-38(40)39-17-10-11-19-41(39)43(42)29-34)28-37(27-35)46-48-44(32-12-4-2-5-13-32)47-45(49-46)33-14-6-3-7-15-33;1-28-19-21-29(22-20-28)32-25-33(35-23-24-40-37-16-9-8-15-36(37)39-18-10-17-38(35)41(39)40)27-34(26-32)44-46-42(30-11-4-2-5-12-30)45-43(47-44)31-13-6-3-7-14-31/h2*2-29H,1H3;2-27H,1H3. The minimum Gasteiger partial charge on any atom is -0.208 e. The highest BCUT2D eigenvalue weighted by Crippen LogP contribution is 2.51. The molecular formula is C136H91N9. The Morgan fingerprint density at radius 3 is 0.738 bits per heavy atom. The SMILES string of the molecule is Cc1ccc(-c2cc(-c3ccc4c5ccccc5c5ccccc5c4c3)cc(-c3nc(-c4ccccc4)nc(-c4ccccc4)n3)c2)cc1.Cc1ccc(-c2cc(-c3nc(-c4ccccc4)nc(-c4ccccc4)n3)cc(-c3cc4c5ccccc5ccc4c4ccccc34)c2)cc1.Cc1ccc(-c2cc(-c3nc(-c4ccccc4)nc(-c4ccccc4)n3)cc(-c3ccc4c5c(cccc35)-c3ccccc3-4)c2)cc1. The second-order valence-corrected chi connectivity index (χ2v) is 37.2. The Morgan fingerprint density at radius 1 is 0.110 bits per heavy atom. The van der Waals surface area contributed by atoms with Gasteiger partial charge in [-0.2, -0.15) is 0 Å². The monoisotopic (exact) mass is 1850 g/mol. The second kappa shape index (κ2) is 37.9. The number of benzene rings is 23. The van der Waals surface area contributed by atoms with Gasteiger partial charge < -0.3 is 0 Å². The van der Waals surface area contributed by atoms with Crippen LogP contribution in [-0.2, 0) is 0 Å². The predicted molar refractivity (Wildman–Crippen MR) is 602 cm³/mol. The van der Waals surface area contributed by atoms with E-state index >= 15 is 0 Å². The fourth-order valence-electron chi connectivity index (χ4n) is 20.5. The van der Waals surface area contributed by atoms with Crippen LogP contribution in [0, 0.1) is 20.8 Å². The molecule has 9 nitrogen and oxygen atoms in total. The molecule has 145 heavy (non-hydrogen) atoms. The fraction of sp³-hybridized carbons (Fsp3) is 0.0221. The molecule has 3 heterocycles. The van der Waals surface area contributed by atoms with Crippen LogP contribution in [0.2, 0.25) is 0 Å². The first kappa shape index (κ1) is 87.4. The van der Waals surface area contributed by atoms with Crippen molar-refractivity contribution in [1.82, 2.24) is 44.9 Å². The van der Waals surface area contributed by atoms with E-state index in [9.17, 15) is 0 Å². The van der Waals surface area contributed by atoms with Crippen molar-refractivity contribution in [1.29, 1.82) is 0 Å². The highest BCUT2D eigenvalue weighted by Gasteiger charge is 2.26. The van der Waals surface area contributed by atoms with Crippen molar-refractivity contribution in [3.05, 3.63) is 514 Å². The van der Waals surface area contributed by atoms with E-state index in [0.29, 0.717) is 52.4 Å². The van der Waals surface area contributed by atoms with Crippen molar-refractivity contribution >= 4 is 75.4 Å². The normalized spacial score (nSPS) is 11.4. The molecular weight excluding hydrogens is 1760 g/mol. The molecule has 680 valence electrons. The van der Waals surface area contributed by atoms with Crippen LogP contribution < -0.4 is 0 Å². The smallest absolute Gasteiger partial charge is 0.164 e. The predicted octanol–water partition coefficient (Wildman–Crippen LogP) is 35.3. The zero-order chi connectivity index (χ0) is 96.8. The molecule has 9 heteroatoms. The molecule has 0 spiro atoms. The van der Waals surface area contributed by atoms with Crippen molar-refractivity contribution in [2.75, 3.05) is 0 Å². The van der Waals surface area contributed by atoms with E-state index in [1.54, 1.807) is 0 Å². The summed E-state index contributed by atoms with van der Waals surface area (Å²) in [5.41, 5.74) is 31.0. The van der Waals surface area contributed by atoms with E-state index in [1.165, 1.54) is 125 Å². The van der Waals surface area contributed by atoms with Gasteiger partial charge in [0.1, 0.15) is 0 Å². The van der Waals surface area contributed by atoms with Crippen LogP contribution >= 0.6 is 0 Å². The zero-order valence-electron chi connectivity index (χ0n) is 79.9. The molecule has 0 fully saturated rings. The molecule has 0 bridgehead atoms. The summed E-state index contributed by atoms with van der Waals surface area (Å²) in [6, 6.07) is 176. The molecule has 0 amide bonds. The van der Waals surface area contributed by atoms with Crippen molar-refractivity contribution in [3.63, 3.8) is 0 Å². The number of nitrogens with zero attached hydrogens (tertiary/aromatic N) is 9. The number of rotatable bonds is 15. The van der Waals surface area contributed by atoms with E-state index in [4.69, 9.17) is 44.9 Å². The number of fused-ring (bicyclic) bond motifs is 14. The average molecular weight is 1850 g/mol. The fourth-order valence-corrected chi connectivity index (χ4v) is 20.5. The summed E-state index contributed by atoms with van der Waals surface area (Å²) in [5.74, 6) is 5.82. The molecule has 1 aliphatic carbocycles. The van der Waals surface area contributed by atoms with Gasteiger partial charge in [-0.25, -0.2) is 44.9 Å². The maximum Gasteiger partial charge on any atom is 0.164 e. The third kappa shape index (κ3) is 17.2. The molecule has 0 atom stereocenters. The Labute approximate surface area is 840 Å². The van der Waals surface area contributed by atoms with Crippen LogP contribution in [0.5, 0.6) is 0 Å². The number of hydrogen-bond acceptors (Lipinski definition) is 9. The lowest BCUT2D eigenvalue weighted by atomic mass is 9.89. The van der Waals surface area contributed by atoms with Crippen LogP contribution in [0.15, 0.2) is 497 Å². The maximum absolute atomic E-state index is 5.11. The van der Waals surface area contributed by atoms with E-state index < -0.39 is 0 Å². The van der Waals surface area contributed by atoms with E-state index in [1.807, 2.05) is 182 Å². The highest BCUT2D eigenvalue weighted by molar-refractivity contribution is 6.26. The minimum absolute atomic E-state index is 0.637. The lowest BCUT2D eigenvalue weighted by Gasteiger charge is -2.16.